The molecule has 1 saturated carbocycles. The van der Waals surface area contributed by atoms with Crippen molar-refractivity contribution in [2.75, 3.05) is 20.3 Å². The number of benzene rings is 1. The maximum atomic E-state index is 12.5. The predicted molar refractivity (Wildman–Crippen MR) is 83.9 cm³/mol. The fourth-order valence-corrected chi connectivity index (χ4v) is 3.25. The lowest BCUT2D eigenvalue weighted by Crippen LogP contribution is -2.57. The third-order valence-electron chi connectivity index (χ3n) is 5.10. The van der Waals surface area contributed by atoms with Crippen LogP contribution in [0.15, 0.2) is 24.3 Å². The van der Waals surface area contributed by atoms with Crippen molar-refractivity contribution in [2.24, 2.45) is 5.73 Å². The monoisotopic (exact) mass is 304 g/mol. The van der Waals surface area contributed by atoms with Crippen LogP contribution < -0.4 is 15.8 Å². The topological polar surface area (TPSA) is 73.6 Å². The molecule has 1 aromatic rings. The number of carbonyl (C=O) groups excluding carboxylic acids is 1. The highest BCUT2D eigenvalue weighted by molar-refractivity contribution is 5.87. The van der Waals surface area contributed by atoms with Crippen molar-refractivity contribution in [3.05, 3.63) is 29.8 Å². The third-order valence-corrected chi connectivity index (χ3v) is 5.10. The van der Waals surface area contributed by atoms with Gasteiger partial charge in [0.2, 0.25) is 5.91 Å². The molecule has 0 aromatic heterocycles. The van der Waals surface area contributed by atoms with Gasteiger partial charge < -0.3 is 20.5 Å². The number of amides is 1. The summed E-state index contributed by atoms with van der Waals surface area (Å²) in [5.41, 5.74) is 6.52. The number of hydrogen-bond donors (Lipinski definition) is 2. The Morgan fingerprint density at radius 1 is 1.36 bits per heavy atom. The average molecular weight is 304 g/mol. The van der Waals surface area contributed by atoms with E-state index in [1.165, 1.54) is 0 Å². The van der Waals surface area contributed by atoms with Crippen molar-refractivity contribution in [2.45, 2.75) is 43.2 Å². The van der Waals surface area contributed by atoms with Crippen molar-refractivity contribution in [1.29, 1.82) is 0 Å². The first-order chi connectivity index (χ1) is 10.5. The molecule has 3 N–H and O–H groups in total. The fourth-order valence-electron chi connectivity index (χ4n) is 3.25. The van der Waals surface area contributed by atoms with Crippen LogP contribution in [0.2, 0.25) is 0 Å². The lowest BCUT2D eigenvalue weighted by Gasteiger charge is -2.32. The van der Waals surface area contributed by atoms with E-state index in [0.717, 1.165) is 17.7 Å². The number of nitrogens with one attached hydrogen (secondary N) is 1. The Balaban J connectivity index is 1.70. The minimum atomic E-state index is -0.789. The van der Waals surface area contributed by atoms with Crippen molar-refractivity contribution in [1.82, 2.24) is 5.32 Å². The number of carbonyl (C=O) groups is 1. The minimum Gasteiger partial charge on any atom is -0.496 e. The van der Waals surface area contributed by atoms with Gasteiger partial charge in [-0.3, -0.25) is 4.79 Å². The molecule has 1 aromatic carbocycles. The Hall–Kier alpha value is -1.59. The molecule has 5 heteroatoms. The molecule has 2 unspecified atom stereocenters. The summed E-state index contributed by atoms with van der Waals surface area (Å²) in [4.78, 5) is 12.5. The maximum Gasteiger partial charge on any atom is 0.240 e. The summed E-state index contributed by atoms with van der Waals surface area (Å²) >= 11 is 0. The van der Waals surface area contributed by atoms with Crippen molar-refractivity contribution in [3.8, 4) is 5.75 Å². The quantitative estimate of drug-likeness (QED) is 0.880. The molecular weight excluding hydrogens is 280 g/mol. The maximum absolute atomic E-state index is 12.5. The molecule has 1 amide bonds. The highest BCUT2D eigenvalue weighted by Crippen LogP contribution is 2.51. The Labute approximate surface area is 131 Å². The van der Waals surface area contributed by atoms with Crippen molar-refractivity contribution >= 4 is 5.91 Å². The smallest absolute Gasteiger partial charge is 0.240 e. The molecule has 1 aliphatic heterocycles. The summed E-state index contributed by atoms with van der Waals surface area (Å²) in [5, 5.41) is 3.13. The third kappa shape index (κ3) is 2.59. The average Bonchev–Trinajstić information content (AvgIpc) is 3.19. The molecule has 0 spiro atoms. The Bertz CT molecular complexity index is 569. The molecule has 1 heterocycles. The summed E-state index contributed by atoms with van der Waals surface area (Å²) in [6.45, 7) is 3.26. The summed E-state index contributed by atoms with van der Waals surface area (Å²) < 4.78 is 10.7. The van der Waals surface area contributed by atoms with E-state index in [2.05, 4.69) is 18.3 Å². The highest BCUT2D eigenvalue weighted by atomic mass is 16.5. The molecule has 1 aliphatic carbocycles. The molecule has 2 aliphatic rings. The van der Waals surface area contributed by atoms with Crippen molar-refractivity contribution < 1.29 is 14.3 Å². The minimum absolute atomic E-state index is 0.0561. The first kappa shape index (κ1) is 15.3. The van der Waals surface area contributed by atoms with E-state index >= 15 is 0 Å². The van der Waals surface area contributed by atoms with Gasteiger partial charge in [0.15, 0.2) is 0 Å². The molecule has 0 bridgehead atoms. The van der Waals surface area contributed by atoms with Gasteiger partial charge in [-0.25, -0.2) is 0 Å². The van der Waals surface area contributed by atoms with Crippen LogP contribution in [0.1, 0.15) is 31.7 Å². The number of hydrogen-bond acceptors (Lipinski definition) is 4. The lowest BCUT2D eigenvalue weighted by atomic mass is 9.90. The van der Waals surface area contributed by atoms with Gasteiger partial charge in [0, 0.05) is 30.2 Å². The van der Waals surface area contributed by atoms with Gasteiger partial charge in [0.1, 0.15) is 5.75 Å². The first-order valence-corrected chi connectivity index (χ1v) is 7.81. The van der Waals surface area contributed by atoms with Crippen LogP contribution in [-0.2, 0) is 14.9 Å². The normalized spacial score (nSPS) is 29.7. The molecular formula is C17H24N2O3. The molecule has 1 saturated heterocycles. The second kappa shape index (κ2) is 5.56. The van der Waals surface area contributed by atoms with Gasteiger partial charge in [-0.1, -0.05) is 25.1 Å². The van der Waals surface area contributed by atoms with Gasteiger partial charge in [-0.2, -0.15) is 0 Å². The first-order valence-electron chi connectivity index (χ1n) is 7.81. The van der Waals surface area contributed by atoms with Crippen LogP contribution in [0, 0.1) is 0 Å². The zero-order chi connectivity index (χ0) is 15.8. The Morgan fingerprint density at radius 2 is 2.05 bits per heavy atom. The summed E-state index contributed by atoms with van der Waals surface area (Å²) in [5.74, 6) is 0.815. The molecule has 22 heavy (non-hydrogen) atoms. The highest BCUT2D eigenvalue weighted by Gasteiger charge is 2.54. The van der Waals surface area contributed by atoms with Gasteiger partial charge in [0.25, 0.3) is 0 Å². The number of ether oxygens (including phenoxy) is 2. The Morgan fingerprint density at radius 3 is 2.73 bits per heavy atom. The molecule has 2 atom stereocenters. The molecule has 3 rings (SSSR count). The van der Waals surface area contributed by atoms with Crippen LogP contribution in [-0.4, -0.2) is 37.8 Å². The van der Waals surface area contributed by atoms with Gasteiger partial charge in [-0.05, 0) is 25.3 Å². The summed E-state index contributed by atoms with van der Waals surface area (Å²) in [6.07, 6.45) is 2.07. The van der Waals surface area contributed by atoms with E-state index in [-0.39, 0.29) is 17.4 Å². The van der Waals surface area contributed by atoms with Crippen LogP contribution >= 0.6 is 0 Å². The standard InChI is InChI=1S/C17H24N2O3/c1-16(12-5-3-4-6-13(12)21-2)11-14(16)19-15(20)17(18)7-9-22-10-8-17/h3-6,14H,7-11,18H2,1-2H3,(H,19,20). The molecule has 2 fully saturated rings. The molecule has 5 nitrogen and oxygen atoms in total. The van der Waals surface area contributed by atoms with Crippen LogP contribution in [0.25, 0.3) is 0 Å². The van der Waals surface area contributed by atoms with E-state index in [9.17, 15) is 4.79 Å². The molecule has 0 radical (unpaired) electrons. The van der Waals surface area contributed by atoms with Crippen molar-refractivity contribution in [3.63, 3.8) is 0 Å². The van der Waals surface area contributed by atoms with Gasteiger partial charge in [0.05, 0.1) is 12.6 Å². The van der Waals surface area contributed by atoms with Crippen LogP contribution in [0.3, 0.4) is 0 Å². The number of nitrogens with two attached hydrogens (primary N) is 1. The van der Waals surface area contributed by atoms with E-state index in [4.69, 9.17) is 15.2 Å². The van der Waals surface area contributed by atoms with E-state index < -0.39 is 5.54 Å². The SMILES string of the molecule is COc1ccccc1C1(C)CC1NC(=O)C1(N)CCOCC1. The summed E-state index contributed by atoms with van der Waals surface area (Å²) in [6, 6.07) is 8.10. The summed E-state index contributed by atoms with van der Waals surface area (Å²) in [7, 11) is 1.68. The van der Waals surface area contributed by atoms with E-state index in [1.54, 1.807) is 7.11 Å². The largest absolute Gasteiger partial charge is 0.496 e. The second-order valence-corrected chi connectivity index (χ2v) is 6.62. The van der Waals surface area contributed by atoms with E-state index in [0.29, 0.717) is 26.1 Å². The number of para-hydroxylation sites is 1. The second-order valence-electron chi connectivity index (χ2n) is 6.62. The van der Waals surface area contributed by atoms with Gasteiger partial charge >= 0.3 is 0 Å². The zero-order valence-corrected chi connectivity index (χ0v) is 13.2. The van der Waals surface area contributed by atoms with Crippen LogP contribution in [0.4, 0.5) is 0 Å². The number of methoxy groups -OCH3 is 1. The van der Waals surface area contributed by atoms with Crippen LogP contribution in [0.5, 0.6) is 5.75 Å². The Kier molecular flexibility index (Phi) is 3.87. The fraction of sp³-hybridized carbons (Fsp3) is 0.588. The zero-order valence-electron chi connectivity index (χ0n) is 13.2. The van der Waals surface area contributed by atoms with E-state index in [1.807, 2.05) is 18.2 Å². The number of rotatable bonds is 4. The van der Waals surface area contributed by atoms with Gasteiger partial charge in [-0.15, -0.1) is 0 Å². The molecule has 120 valence electrons. The predicted octanol–water partition coefficient (Wildman–Crippen LogP) is 1.35. The lowest BCUT2D eigenvalue weighted by molar-refractivity contribution is -0.130.